The van der Waals surface area contributed by atoms with Crippen molar-refractivity contribution in [1.29, 1.82) is 0 Å². The summed E-state index contributed by atoms with van der Waals surface area (Å²) in [4.78, 5) is 14.1. The zero-order valence-corrected chi connectivity index (χ0v) is 13.3. The number of phenols is 2. The average molecular weight is 317 g/mol. The Kier molecular flexibility index (Phi) is 3.91. The van der Waals surface area contributed by atoms with Crippen LogP contribution < -0.4 is 10.1 Å². The molecule has 6 nitrogen and oxygen atoms in total. The number of aromatic hydroxyl groups is 2. The summed E-state index contributed by atoms with van der Waals surface area (Å²) < 4.78 is 5.95. The minimum absolute atomic E-state index is 0.0604. The van der Waals surface area contributed by atoms with Crippen molar-refractivity contribution in [1.82, 2.24) is 4.90 Å². The fourth-order valence-electron chi connectivity index (χ4n) is 3.31. The maximum Gasteiger partial charge on any atom is 0.241 e. The van der Waals surface area contributed by atoms with Gasteiger partial charge in [0.05, 0.1) is 6.61 Å². The molecule has 2 heterocycles. The minimum atomic E-state index is -0.364. The number of fused-ring (bicyclic) bond motifs is 1. The van der Waals surface area contributed by atoms with Gasteiger partial charge in [-0.05, 0) is 24.6 Å². The van der Waals surface area contributed by atoms with Gasteiger partial charge in [-0.3, -0.25) is 4.79 Å². The quantitative estimate of drug-likeness (QED) is 0.663. The lowest BCUT2D eigenvalue weighted by Gasteiger charge is -2.24. The smallest absolute Gasteiger partial charge is 0.241 e. The fourth-order valence-corrected chi connectivity index (χ4v) is 3.58. The van der Waals surface area contributed by atoms with Crippen LogP contribution in [0, 0.1) is 0 Å². The number of aliphatic hydroxyl groups excluding tert-OH is 1. The first-order valence-corrected chi connectivity index (χ1v) is 7.61. The molecule has 7 heteroatoms. The average Bonchev–Trinajstić information content (AvgIpc) is 2.78. The fraction of sp³-hybridized carbons (Fsp3) is 0.400. The van der Waals surface area contributed by atoms with Crippen molar-refractivity contribution in [3.8, 4) is 11.5 Å². The van der Waals surface area contributed by atoms with E-state index in [2.05, 4.69) is 16.3 Å². The molecule has 2 unspecified atom stereocenters. The van der Waals surface area contributed by atoms with E-state index in [1.165, 1.54) is 12.1 Å². The second-order valence-corrected chi connectivity index (χ2v) is 6.24. The predicted molar refractivity (Wildman–Crippen MR) is 82.1 cm³/mol. The molecule has 2 radical (unpaired) electrons. The summed E-state index contributed by atoms with van der Waals surface area (Å²) in [6.07, 6.45) is 0.722. The number of phenolic OH excluding ortho intramolecular Hbond substituents is 2. The lowest BCUT2D eigenvalue weighted by molar-refractivity contribution is 0.172. The van der Waals surface area contributed by atoms with E-state index >= 15 is 0 Å². The van der Waals surface area contributed by atoms with E-state index in [1.54, 1.807) is 0 Å². The molecule has 0 saturated carbocycles. The van der Waals surface area contributed by atoms with Crippen molar-refractivity contribution in [3.63, 3.8) is 0 Å². The second-order valence-electron chi connectivity index (χ2n) is 5.67. The number of hydrogen-bond donors (Lipinski definition) is 3. The summed E-state index contributed by atoms with van der Waals surface area (Å²) in [7, 11) is 1.90. The van der Waals surface area contributed by atoms with Crippen LogP contribution in [0.1, 0.15) is 17.9 Å². The van der Waals surface area contributed by atoms with Crippen molar-refractivity contribution >= 4 is 31.9 Å². The maximum absolute atomic E-state index is 12.1. The normalized spacial score (nSPS) is 22.5. The van der Waals surface area contributed by atoms with Crippen LogP contribution in [0.15, 0.2) is 21.3 Å². The molecule has 0 spiro atoms. The topological polar surface area (TPSA) is 94.1 Å². The van der Waals surface area contributed by atoms with Crippen molar-refractivity contribution in [2.45, 2.75) is 18.4 Å². The molecule has 114 valence electrons. The van der Waals surface area contributed by atoms with Gasteiger partial charge >= 0.3 is 0 Å². The van der Waals surface area contributed by atoms with Gasteiger partial charge in [0, 0.05) is 29.7 Å². The largest absolute Gasteiger partial charge is 0.507 e. The molecule has 0 bridgehead atoms. The van der Waals surface area contributed by atoms with E-state index in [9.17, 15) is 20.1 Å². The molecule has 1 aromatic heterocycles. The molecule has 0 aliphatic carbocycles. The lowest BCUT2D eigenvalue weighted by Crippen LogP contribution is -2.32. The molecule has 1 fully saturated rings. The Bertz CT molecular complexity index is 788. The number of likely N-dealkylation sites (tertiary alicyclic amines) is 1. The van der Waals surface area contributed by atoms with Crippen LogP contribution in [-0.2, 0) is 0 Å². The van der Waals surface area contributed by atoms with Crippen LogP contribution in [0.4, 0.5) is 0 Å². The molecule has 22 heavy (non-hydrogen) atoms. The summed E-state index contributed by atoms with van der Waals surface area (Å²) in [5.41, 5.74) is 0.295. The van der Waals surface area contributed by atoms with Gasteiger partial charge < -0.3 is 24.6 Å². The van der Waals surface area contributed by atoms with Gasteiger partial charge in [0.2, 0.25) is 16.3 Å². The minimum Gasteiger partial charge on any atom is -0.507 e. The van der Waals surface area contributed by atoms with Gasteiger partial charge in [-0.15, -0.1) is 0 Å². The van der Waals surface area contributed by atoms with Crippen molar-refractivity contribution in [3.05, 3.63) is 27.9 Å². The van der Waals surface area contributed by atoms with Gasteiger partial charge in [0.15, 0.2) is 5.43 Å². The first kappa shape index (κ1) is 15.4. The zero-order valence-electron chi connectivity index (χ0n) is 12.1. The molecule has 1 aliphatic rings. The molecular formula is C15H16AlNO5. The standard InChI is InChI=1S/C15H16NO5.Al/c1-16-4-2-8(9(16)7-17)13-11(19)6-12(20)14-10(18)3-5-21-15(13)14;/h3,6,8-9,17,19-20H,2,4,7H2,1H3;. The Morgan fingerprint density at radius 2 is 2.09 bits per heavy atom. The lowest BCUT2D eigenvalue weighted by atomic mass is 9.89. The molecular weight excluding hydrogens is 301 g/mol. The summed E-state index contributed by atoms with van der Waals surface area (Å²) >= 11 is 2.31. The highest BCUT2D eigenvalue weighted by Gasteiger charge is 2.36. The molecule has 2 aromatic rings. The third-order valence-electron chi connectivity index (χ3n) is 4.40. The van der Waals surface area contributed by atoms with Crippen molar-refractivity contribution in [2.24, 2.45) is 0 Å². The van der Waals surface area contributed by atoms with Crippen LogP contribution in [0.3, 0.4) is 0 Å². The summed E-state index contributed by atoms with van der Waals surface area (Å²) in [6.45, 7) is 0.705. The molecule has 3 rings (SSSR count). The van der Waals surface area contributed by atoms with Crippen molar-refractivity contribution < 1.29 is 19.7 Å². The summed E-state index contributed by atoms with van der Waals surface area (Å²) in [6, 6.07) is 2.28. The highest BCUT2D eigenvalue weighted by Crippen LogP contribution is 2.42. The highest BCUT2D eigenvalue weighted by atomic mass is 27.0. The second kappa shape index (κ2) is 5.60. The van der Waals surface area contributed by atoms with E-state index in [4.69, 9.17) is 4.42 Å². The summed E-state index contributed by atoms with van der Waals surface area (Å²) in [5.74, 6) is -0.600. The number of likely N-dealkylation sites (N-methyl/N-ethyl adjacent to an activating group) is 1. The molecule has 2 atom stereocenters. The first-order chi connectivity index (χ1) is 10.4. The maximum atomic E-state index is 12.1. The van der Waals surface area contributed by atoms with E-state index in [-0.39, 0.29) is 46.5 Å². The predicted octanol–water partition coefficient (Wildman–Crippen LogP) is -0.222. The van der Waals surface area contributed by atoms with Crippen LogP contribution >= 0.6 is 0 Å². The van der Waals surface area contributed by atoms with Gasteiger partial charge in [0.1, 0.15) is 22.5 Å². The third-order valence-corrected chi connectivity index (χ3v) is 4.68. The van der Waals surface area contributed by atoms with Crippen LogP contribution in [0.2, 0.25) is 0 Å². The van der Waals surface area contributed by atoms with Crippen LogP contribution in [-0.4, -0.2) is 62.8 Å². The first-order valence-electron chi connectivity index (χ1n) is 7.03. The summed E-state index contributed by atoms with van der Waals surface area (Å²) in [5, 5.41) is 30.0. The van der Waals surface area contributed by atoms with Gasteiger partial charge in [-0.25, -0.2) is 0 Å². The number of rotatable bonds is 2. The highest BCUT2D eigenvalue weighted by molar-refractivity contribution is 6.30. The molecule has 1 aromatic carbocycles. The Morgan fingerprint density at radius 3 is 2.77 bits per heavy atom. The Morgan fingerprint density at radius 1 is 1.36 bits per heavy atom. The third kappa shape index (κ3) is 2.31. The Labute approximate surface area is 135 Å². The van der Waals surface area contributed by atoms with E-state index in [0.717, 1.165) is 13.0 Å². The monoisotopic (exact) mass is 317 g/mol. The van der Waals surface area contributed by atoms with Crippen LogP contribution in [0.25, 0.3) is 11.0 Å². The Hall–Kier alpha value is -1.52. The zero-order chi connectivity index (χ0) is 16.0. The van der Waals surface area contributed by atoms with Gasteiger partial charge in [0.25, 0.3) is 0 Å². The van der Waals surface area contributed by atoms with E-state index in [1.807, 2.05) is 11.9 Å². The molecule has 0 amide bonds. The van der Waals surface area contributed by atoms with E-state index < -0.39 is 0 Å². The molecule has 1 aliphatic heterocycles. The van der Waals surface area contributed by atoms with Crippen molar-refractivity contribution in [2.75, 3.05) is 20.2 Å². The number of benzene rings is 1. The van der Waals surface area contributed by atoms with Gasteiger partial charge in [-0.1, -0.05) is 0 Å². The van der Waals surface area contributed by atoms with Crippen LogP contribution in [0.5, 0.6) is 11.5 Å². The Balaban J connectivity index is 2.32. The number of hydrogen-bond acceptors (Lipinski definition) is 6. The van der Waals surface area contributed by atoms with E-state index in [0.29, 0.717) is 10.2 Å². The molecule has 3 N–H and O–H groups in total. The number of aliphatic hydroxyl groups is 1. The molecule has 1 saturated heterocycles. The number of nitrogens with zero attached hydrogens (tertiary/aromatic N) is 1. The SMILES string of the molecule is CN1CCC(c2c(O)cc(O)c3c(=O)c[c]([Al])oc23)C1CO. The van der Waals surface area contributed by atoms with Gasteiger partial charge in [-0.2, -0.15) is 0 Å².